The van der Waals surface area contributed by atoms with E-state index in [1.165, 1.54) is 16.2 Å². The topological polar surface area (TPSA) is 75.1 Å². The van der Waals surface area contributed by atoms with E-state index in [4.69, 9.17) is 4.42 Å². The van der Waals surface area contributed by atoms with Crippen LogP contribution in [-0.2, 0) is 6.42 Å². The van der Waals surface area contributed by atoms with Gasteiger partial charge in [-0.2, -0.15) is 0 Å². The van der Waals surface area contributed by atoms with E-state index in [1.54, 1.807) is 18.2 Å². The molecule has 0 fully saturated rings. The standard InChI is InChI=1S/C15H14N2O3S/c1-3-12-8(2)6-13(21-12)14(18)16-9-4-5-11-10(7-9)17-15(19)20-11/h4-7H,3H2,1-2H3,(H,16,18)(H,17,19). The van der Waals surface area contributed by atoms with Crippen molar-refractivity contribution in [3.63, 3.8) is 0 Å². The molecule has 2 heterocycles. The second-order valence-corrected chi connectivity index (χ2v) is 5.89. The smallest absolute Gasteiger partial charge is 0.408 e. The Morgan fingerprint density at radius 1 is 1.38 bits per heavy atom. The van der Waals surface area contributed by atoms with Gasteiger partial charge in [-0.3, -0.25) is 9.78 Å². The second-order valence-electron chi connectivity index (χ2n) is 4.75. The molecule has 108 valence electrons. The van der Waals surface area contributed by atoms with E-state index in [0.717, 1.165) is 12.0 Å². The molecule has 3 aromatic rings. The summed E-state index contributed by atoms with van der Waals surface area (Å²) in [6.07, 6.45) is 0.923. The van der Waals surface area contributed by atoms with Gasteiger partial charge in [0.15, 0.2) is 5.58 Å². The summed E-state index contributed by atoms with van der Waals surface area (Å²) in [4.78, 5) is 27.8. The molecular formula is C15H14N2O3S. The van der Waals surface area contributed by atoms with E-state index in [-0.39, 0.29) is 5.91 Å². The van der Waals surface area contributed by atoms with Crippen molar-refractivity contribution in [1.29, 1.82) is 0 Å². The van der Waals surface area contributed by atoms with Gasteiger partial charge in [-0.05, 0) is 43.2 Å². The first-order valence-corrected chi connectivity index (χ1v) is 7.42. The van der Waals surface area contributed by atoms with Crippen LogP contribution in [0.5, 0.6) is 0 Å². The van der Waals surface area contributed by atoms with E-state index in [2.05, 4.69) is 17.2 Å². The van der Waals surface area contributed by atoms with Crippen LogP contribution in [0.1, 0.15) is 27.0 Å². The third kappa shape index (κ3) is 2.62. The van der Waals surface area contributed by atoms with Crippen LogP contribution < -0.4 is 11.1 Å². The van der Waals surface area contributed by atoms with Crippen LogP contribution in [0.15, 0.2) is 33.5 Å². The Kier molecular flexibility index (Phi) is 3.39. The lowest BCUT2D eigenvalue weighted by molar-refractivity contribution is 0.103. The molecule has 2 aromatic heterocycles. The van der Waals surface area contributed by atoms with Crippen LogP contribution in [0.3, 0.4) is 0 Å². The summed E-state index contributed by atoms with van der Waals surface area (Å²) in [6, 6.07) is 6.94. The largest absolute Gasteiger partial charge is 0.417 e. The number of aromatic amines is 1. The summed E-state index contributed by atoms with van der Waals surface area (Å²) in [5.41, 5.74) is 2.79. The molecule has 0 atom stereocenters. The van der Waals surface area contributed by atoms with Crippen molar-refractivity contribution in [1.82, 2.24) is 4.98 Å². The molecule has 0 saturated carbocycles. The van der Waals surface area contributed by atoms with Gasteiger partial charge in [-0.1, -0.05) is 6.92 Å². The number of thiophene rings is 1. The fourth-order valence-electron chi connectivity index (χ4n) is 2.21. The molecule has 2 N–H and O–H groups in total. The number of carbonyl (C=O) groups is 1. The molecule has 1 aromatic carbocycles. The minimum Gasteiger partial charge on any atom is -0.408 e. The van der Waals surface area contributed by atoms with Crippen LogP contribution in [0.2, 0.25) is 0 Å². The number of H-pyrrole nitrogens is 1. The highest BCUT2D eigenvalue weighted by Crippen LogP contribution is 2.24. The highest BCUT2D eigenvalue weighted by atomic mass is 32.1. The highest BCUT2D eigenvalue weighted by Gasteiger charge is 2.12. The molecule has 0 aliphatic heterocycles. The summed E-state index contributed by atoms with van der Waals surface area (Å²) in [6.45, 7) is 4.08. The van der Waals surface area contributed by atoms with Gasteiger partial charge in [0.1, 0.15) is 0 Å². The second kappa shape index (κ2) is 5.21. The SMILES string of the molecule is CCc1sc(C(=O)Nc2ccc3oc(=O)[nH]c3c2)cc1C. The minimum absolute atomic E-state index is 0.145. The number of benzene rings is 1. The predicted molar refractivity (Wildman–Crippen MR) is 83.2 cm³/mol. The number of hydrogen-bond donors (Lipinski definition) is 2. The quantitative estimate of drug-likeness (QED) is 0.779. The number of aromatic nitrogens is 1. The number of anilines is 1. The number of hydrogen-bond acceptors (Lipinski definition) is 4. The van der Waals surface area contributed by atoms with Gasteiger partial charge in [0.05, 0.1) is 10.4 Å². The van der Waals surface area contributed by atoms with Crippen LogP contribution in [-0.4, -0.2) is 10.9 Å². The summed E-state index contributed by atoms with van der Waals surface area (Å²) in [7, 11) is 0. The lowest BCUT2D eigenvalue weighted by Gasteiger charge is -2.02. The number of nitrogens with one attached hydrogen (secondary N) is 2. The van der Waals surface area contributed by atoms with E-state index in [0.29, 0.717) is 21.7 Å². The van der Waals surface area contributed by atoms with Gasteiger partial charge in [0, 0.05) is 10.6 Å². The molecule has 0 aliphatic carbocycles. The van der Waals surface area contributed by atoms with Crippen molar-refractivity contribution >= 4 is 34.0 Å². The van der Waals surface area contributed by atoms with Gasteiger partial charge in [-0.25, -0.2) is 4.79 Å². The van der Waals surface area contributed by atoms with Crippen molar-refractivity contribution in [2.24, 2.45) is 0 Å². The summed E-state index contributed by atoms with van der Waals surface area (Å²) in [5.74, 6) is -0.650. The zero-order valence-electron chi connectivity index (χ0n) is 11.6. The Labute approximate surface area is 124 Å². The van der Waals surface area contributed by atoms with E-state index in [9.17, 15) is 9.59 Å². The first-order chi connectivity index (χ1) is 10.1. The zero-order valence-corrected chi connectivity index (χ0v) is 12.5. The maximum atomic E-state index is 12.2. The van der Waals surface area contributed by atoms with Crippen molar-refractivity contribution in [3.05, 3.63) is 50.1 Å². The van der Waals surface area contributed by atoms with Gasteiger partial charge < -0.3 is 9.73 Å². The van der Waals surface area contributed by atoms with Crippen molar-refractivity contribution in [2.45, 2.75) is 20.3 Å². The van der Waals surface area contributed by atoms with Crippen molar-refractivity contribution in [2.75, 3.05) is 5.32 Å². The number of amides is 1. The lowest BCUT2D eigenvalue weighted by atomic mass is 10.2. The molecule has 5 nitrogen and oxygen atoms in total. The first-order valence-electron chi connectivity index (χ1n) is 6.60. The molecule has 0 spiro atoms. The van der Waals surface area contributed by atoms with Crippen LogP contribution in [0.4, 0.5) is 5.69 Å². The molecule has 21 heavy (non-hydrogen) atoms. The number of fused-ring (bicyclic) bond motifs is 1. The Hall–Kier alpha value is -2.34. The lowest BCUT2D eigenvalue weighted by Crippen LogP contribution is -2.09. The molecule has 0 radical (unpaired) electrons. The number of oxazole rings is 1. The number of carbonyl (C=O) groups excluding carboxylic acids is 1. The molecule has 0 aliphatic rings. The van der Waals surface area contributed by atoms with Gasteiger partial charge in [-0.15, -0.1) is 11.3 Å². The number of rotatable bonds is 3. The molecule has 0 unspecified atom stereocenters. The molecule has 1 amide bonds. The van der Waals surface area contributed by atoms with Gasteiger partial charge >= 0.3 is 5.76 Å². The monoisotopic (exact) mass is 302 g/mol. The molecule has 6 heteroatoms. The minimum atomic E-state index is -0.505. The average Bonchev–Trinajstić information content (AvgIpc) is 3.00. The fraction of sp³-hybridized carbons (Fsp3) is 0.200. The number of aryl methyl sites for hydroxylation is 2. The third-order valence-corrected chi connectivity index (χ3v) is 4.62. The fourth-order valence-corrected chi connectivity index (χ4v) is 3.21. The maximum absolute atomic E-state index is 12.2. The van der Waals surface area contributed by atoms with E-state index >= 15 is 0 Å². The van der Waals surface area contributed by atoms with Crippen LogP contribution >= 0.6 is 11.3 Å². The van der Waals surface area contributed by atoms with Crippen molar-refractivity contribution in [3.8, 4) is 0 Å². The molecule has 3 rings (SSSR count). The van der Waals surface area contributed by atoms with E-state index < -0.39 is 5.76 Å². The Morgan fingerprint density at radius 2 is 2.19 bits per heavy atom. The Bertz CT molecular complexity index is 873. The van der Waals surface area contributed by atoms with Crippen molar-refractivity contribution < 1.29 is 9.21 Å². The summed E-state index contributed by atoms with van der Waals surface area (Å²) >= 11 is 1.51. The first kappa shape index (κ1) is 13.6. The summed E-state index contributed by atoms with van der Waals surface area (Å²) in [5, 5.41) is 2.83. The molecule has 0 saturated heterocycles. The van der Waals surface area contributed by atoms with Crippen LogP contribution in [0, 0.1) is 6.92 Å². The van der Waals surface area contributed by atoms with Gasteiger partial charge in [0.25, 0.3) is 5.91 Å². The molecular weight excluding hydrogens is 288 g/mol. The average molecular weight is 302 g/mol. The Balaban J connectivity index is 1.86. The molecule has 0 bridgehead atoms. The highest BCUT2D eigenvalue weighted by molar-refractivity contribution is 7.14. The Morgan fingerprint density at radius 3 is 2.90 bits per heavy atom. The van der Waals surface area contributed by atoms with Crippen LogP contribution in [0.25, 0.3) is 11.1 Å². The van der Waals surface area contributed by atoms with E-state index in [1.807, 2.05) is 13.0 Å². The van der Waals surface area contributed by atoms with Gasteiger partial charge in [0.2, 0.25) is 0 Å². The summed E-state index contributed by atoms with van der Waals surface area (Å²) < 4.78 is 4.92. The zero-order chi connectivity index (χ0) is 15.0. The normalized spacial score (nSPS) is 11.0. The third-order valence-electron chi connectivity index (χ3n) is 3.24. The maximum Gasteiger partial charge on any atom is 0.417 e. The predicted octanol–water partition coefficient (Wildman–Crippen LogP) is 3.31.